The number of rotatable bonds is 6. The predicted octanol–water partition coefficient (Wildman–Crippen LogP) is 1.85. The van der Waals surface area contributed by atoms with Crippen molar-refractivity contribution in [1.82, 2.24) is 10.6 Å². The van der Waals surface area contributed by atoms with E-state index in [0.717, 1.165) is 5.56 Å². The fourth-order valence-electron chi connectivity index (χ4n) is 2.12. The third-order valence-corrected chi connectivity index (χ3v) is 3.24. The summed E-state index contributed by atoms with van der Waals surface area (Å²) >= 11 is 0. The molecule has 0 fully saturated rings. The number of amides is 3. The molecule has 126 valence electrons. The lowest BCUT2D eigenvalue weighted by molar-refractivity contribution is -0.120. The van der Waals surface area contributed by atoms with E-state index in [4.69, 9.17) is 4.42 Å². The highest BCUT2D eigenvalue weighted by Gasteiger charge is 2.13. The summed E-state index contributed by atoms with van der Waals surface area (Å²) in [5.41, 5.74) is 1.50. The lowest BCUT2D eigenvalue weighted by atomic mass is 10.1. The molecule has 0 saturated carbocycles. The van der Waals surface area contributed by atoms with E-state index >= 15 is 0 Å². The molecule has 0 aliphatic carbocycles. The molecule has 3 N–H and O–H groups in total. The van der Waals surface area contributed by atoms with Crippen molar-refractivity contribution in [2.45, 2.75) is 19.9 Å². The number of anilines is 1. The summed E-state index contributed by atoms with van der Waals surface area (Å²) in [4.78, 5) is 34.7. The number of hydrogen-bond donors (Lipinski definition) is 3. The van der Waals surface area contributed by atoms with Gasteiger partial charge in [0.25, 0.3) is 5.91 Å². The Morgan fingerprint density at radius 3 is 2.62 bits per heavy atom. The Bertz CT molecular complexity index is 725. The molecule has 1 unspecified atom stereocenters. The van der Waals surface area contributed by atoms with Gasteiger partial charge in [-0.2, -0.15) is 0 Å². The standard InChI is InChI=1S/C17H19N3O4/c1-11(13-5-3-6-14(9-13)20-12(2)21)19-16(22)10-18-17(23)15-7-4-8-24-15/h3-9,11H,10H2,1-2H3,(H,18,23)(H,19,22)(H,20,21). The van der Waals surface area contributed by atoms with Crippen molar-refractivity contribution >= 4 is 23.4 Å². The lowest BCUT2D eigenvalue weighted by Gasteiger charge is -2.15. The summed E-state index contributed by atoms with van der Waals surface area (Å²) in [5.74, 6) is -0.786. The van der Waals surface area contributed by atoms with Crippen molar-refractivity contribution < 1.29 is 18.8 Å². The summed E-state index contributed by atoms with van der Waals surface area (Å²) in [5, 5.41) is 7.95. The fourth-order valence-corrected chi connectivity index (χ4v) is 2.12. The molecule has 2 aromatic rings. The lowest BCUT2D eigenvalue weighted by Crippen LogP contribution is -2.37. The highest BCUT2D eigenvalue weighted by Crippen LogP contribution is 2.17. The van der Waals surface area contributed by atoms with Crippen molar-refractivity contribution in [2.24, 2.45) is 0 Å². The van der Waals surface area contributed by atoms with E-state index < -0.39 is 5.91 Å². The molecule has 7 heteroatoms. The molecule has 0 radical (unpaired) electrons. The molecule has 1 aromatic carbocycles. The first-order valence-corrected chi connectivity index (χ1v) is 7.44. The van der Waals surface area contributed by atoms with Crippen LogP contribution in [0.2, 0.25) is 0 Å². The van der Waals surface area contributed by atoms with Gasteiger partial charge in [0, 0.05) is 12.6 Å². The van der Waals surface area contributed by atoms with Gasteiger partial charge in [0.1, 0.15) is 0 Å². The highest BCUT2D eigenvalue weighted by molar-refractivity contribution is 5.94. The second-order valence-electron chi connectivity index (χ2n) is 5.26. The number of benzene rings is 1. The van der Waals surface area contributed by atoms with Crippen LogP contribution in [0.5, 0.6) is 0 Å². The summed E-state index contributed by atoms with van der Waals surface area (Å²) in [7, 11) is 0. The van der Waals surface area contributed by atoms with Gasteiger partial charge in [-0.1, -0.05) is 12.1 Å². The first kappa shape index (κ1) is 17.3. The summed E-state index contributed by atoms with van der Waals surface area (Å²) in [6, 6.07) is 10.0. The molecule has 0 spiro atoms. The fraction of sp³-hybridized carbons (Fsp3) is 0.235. The monoisotopic (exact) mass is 329 g/mol. The topological polar surface area (TPSA) is 100 Å². The Labute approximate surface area is 139 Å². The van der Waals surface area contributed by atoms with E-state index in [1.165, 1.54) is 19.3 Å². The van der Waals surface area contributed by atoms with Crippen molar-refractivity contribution in [3.8, 4) is 0 Å². The molecular formula is C17H19N3O4. The number of nitrogens with one attached hydrogen (secondary N) is 3. The summed E-state index contributed by atoms with van der Waals surface area (Å²) < 4.78 is 4.94. The van der Waals surface area contributed by atoms with E-state index in [1.807, 2.05) is 13.0 Å². The van der Waals surface area contributed by atoms with Gasteiger partial charge in [-0.05, 0) is 36.8 Å². The van der Waals surface area contributed by atoms with Crippen LogP contribution in [0.3, 0.4) is 0 Å². The minimum Gasteiger partial charge on any atom is -0.459 e. The quantitative estimate of drug-likeness (QED) is 0.753. The average Bonchev–Trinajstić information content (AvgIpc) is 3.06. The van der Waals surface area contributed by atoms with Gasteiger partial charge in [-0.3, -0.25) is 14.4 Å². The van der Waals surface area contributed by atoms with Gasteiger partial charge < -0.3 is 20.4 Å². The Hall–Kier alpha value is -3.09. The molecular weight excluding hydrogens is 310 g/mol. The van der Waals surface area contributed by atoms with E-state index in [2.05, 4.69) is 16.0 Å². The zero-order valence-electron chi connectivity index (χ0n) is 13.5. The molecule has 0 aliphatic heterocycles. The van der Waals surface area contributed by atoms with E-state index in [-0.39, 0.29) is 30.2 Å². The molecule has 24 heavy (non-hydrogen) atoms. The van der Waals surface area contributed by atoms with E-state index in [9.17, 15) is 14.4 Å². The van der Waals surface area contributed by atoms with Crippen LogP contribution in [0.15, 0.2) is 47.1 Å². The summed E-state index contributed by atoms with van der Waals surface area (Å²) in [6.45, 7) is 3.09. The summed E-state index contributed by atoms with van der Waals surface area (Å²) in [6.07, 6.45) is 1.39. The third kappa shape index (κ3) is 4.98. The van der Waals surface area contributed by atoms with Gasteiger partial charge in [0.2, 0.25) is 11.8 Å². The number of carbonyl (C=O) groups excluding carboxylic acids is 3. The first-order valence-electron chi connectivity index (χ1n) is 7.44. The first-order chi connectivity index (χ1) is 11.5. The molecule has 7 nitrogen and oxygen atoms in total. The Kier molecular flexibility index (Phi) is 5.73. The molecule has 3 amide bonds. The second kappa shape index (κ2) is 7.96. The zero-order valence-corrected chi connectivity index (χ0v) is 13.5. The molecule has 0 bridgehead atoms. The molecule has 1 heterocycles. The second-order valence-corrected chi connectivity index (χ2v) is 5.26. The Morgan fingerprint density at radius 2 is 1.96 bits per heavy atom. The highest BCUT2D eigenvalue weighted by atomic mass is 16.3. The Morgan fingerprint density at radius 1 is 1.17 bits per heavy atom. The molecule has 0 aliphatic rings. The maximum atomic E-state index is 11.9. The maximum absolute atomic E-state index is 11.9. The van der Waals surface area contributed by atoms with Crippen molar-refractivity contribution in [1.29, 1.82) is 0 Å². The van der Waals surface area contributed by atoms with Gasteiger partial charge in [-0.25, -0.2) is 0 Å². The minimum absolute atomic E-state index is 0.152. The zero-order chi connectivity index (χ0) is 17.5. The van der Waals surface area contributed by atoms with Crippen LogP contribution in [0.4, 0.5) is 5.69 Å². The van der Waals surface area contributed by atoms with Crippen LogP contribution in [0, 0.1) is 0 Å². The van der Waals surface area contributed by atoms with Gasteiger partial charge in [0.15, 0.2) is 5.76 Å². The normalized spacial score (nSPS) is 11.4. The SMILES string of the molecule is CC(=O)Nc1cccc(C(C)NC(=O)CNC(=O)c2ccco2)c1. The van der Waals surface area contributed by atoms with Gasteiger partial charge >= 0.3 is 0 Å². The molecule has 1 aromatic heterocycles. The average molecular weight is 329 g/mol. The molecule has 2 rings (SSSR count). The van der Waals surface area contributed by atoms with E-state index in [0.29, 0.717) is 5.69 Å². The largest absolute Gasteiger partial charge is 0.459 e. The van der Waals surface area contributed by atoms with Gasteiger partial charge in [0.05, 0.1) is 18.8 Å². The molecule has 1 atom stereocenters. The van der Waals surface area contributed by atoms with Crippen LogP contribution in [0.1, 0.15) is 36.0 Å². The Balaban J connectivity index is 1.87. The van der Waals surface area contributed by atoms with Gasteiger partial charge in [-0.15, -0.1) is 0 Å². The number of furan rings is 1. The van der Waals surface area contributed by atoms with Crippen LogP contribution in [0.25, 0.3) is 0 Å². The predicted molar refractivity (Wildman–Crippen MR) is 88.3 cm³/mol. The van der Waals surface area contributed by atoms with Crippen molar-refractivity contribution in [3.63, 3.8) is 0 Å². The number of carbonyl (C=O) groups is 3. The van der Waals surface area contributed by atoms with Crippen LogP contribution in [-0.2, 0) is 9.59 Å². The van der Waals surface area contributed by atoms with Crippen LogP contribution in [-0.4, -0.2) is 24.3 Å². The van der Waals surface area contributed by atoms with Crippen LogP contribution >= 0.6 is 0 Å². The maximum Gasteiger partial charge on any atom is 0.287 e. The van der Waals surface area contributed by atoms with E-state index in [1.54, 1.807) is 24.3 Å². The van der Waals surface area contributed by atoms with Crippen LogP contribution < -0.4 is 16.0 Å². The third-order valence-electron chi connectivity index (χ3n) is 3.24. The van der Waals surface area contributed by atoms with Crippen molar-refractivity contribution in [2.75, 3.05) is 11.9 Å². The van der Waals surface area contributed by atoms with Crippen molar-refractivity contribution in [3.05, 3.63) is 54.0 Å². The molecule has 0 saturated heterocycles. The smallest absolute Gasteiger partial charge is 0.287 e. The minimum atomic E-state index is -0.449. The number of hydrogen-bond acceptors (Lipinski definition) is 4.